The molecule has 3 N–H and O–H groups in total. The fraction of sp³-hybridized carbons (Fsp3) is 0.0769. The third-order valence-electron chi connectivity index (χ3n) is 2.45. The molecule has 0 aliphatic carbocycles. The van der Waals surface area contributed by atoms with Gasteiger partial charge in [0, 0.05) is 12.4 Å². The maximum absolute atomic E-state index is 11.8. The van der Waals surface area contributed by atoms with Gasteiger partial charge in [-0.2, -0.15) is 0 Å². The fourth-order valence-corrected chi connectivity index (χ4v) is 1.94. The lowest BCUT2D eigenvalue weighted by Crippen LogP contribution is -2.20. The molecule has 0 unspecified atom stereocenters. The van der Waals surface area contributed by atoms with Crippen molar-refractivity contribution < 1.29 is 9.90 Å². The van der Waals surface area contributed by atoms with Gasteiger partial charge in [-0.3, -0.25) is 9.59 Å². The van der Waals surface area contributed by atoms with E-state index in [2.05, 4.69) is 26.2 Å². The molecule has 6 heteroatoms. The molecule has 5 nitrogen and oxygen atoms in total. The van der Waals surface area contributed by atoms with E-state index in [9.17, 15) is 14.7 Å². The molecule has 0 bridgehead atoms. The molecular weight excluding hydrogens is 312 g/mol. The minimum absolute atomic E-state index is 0.0837. The number of pyridine rings is 1. The first-order valence-corrected chi connectivity index (χ1v) is 6.30. The highest BCUT2D eigenvalue weighted by Gasteiger charge is 2.08. The summed E-state index contributed by atoms with van der Waals surface area (Å²) >= 11 is 3.08. The van der Waals surface area contributed by atoms with Crippen LogP contribution in [-0.2, 0) is 11.2 Å². The van der Waals surface area contributed by atoms with Gasteiger partial charge in [0.2, 0.25) is 11.3 Å². The number of H-pyrrole nitrogens is 1. The Labute approximate surface area is 117 Å². The number of rotatable bonds is 3. The number of halogens is 1. The molecule has 1 aromatic carbocycles. The molecule has 98 valence electrons. The van der Waals surface area contributed by atoms with Crippen LogP contribution in [-0.4, -0.2) is 16.0 Å². The molecule has 1 heterocycles. The summed E-state index contributed by atoms with van der Waals surface area (Å²) in [6.45, 7) is 0. The van der Waals surface area contributed by atoms with Gasteiger partial charge in [0.25, 0.3) is 0 Å². The fourth-order valence-electron chi connectivity index (χ4n) is 1.60. The molecular formula is C13H11BrN2O3. The molecule has 0 aliphatic heterocycles. The number of aromatic nitrogens is 1. The van der Waals surface area contributed by atoms with Crippen LogP contribution >= 0.6 is 15.9 Å². The van der Waals surface area contributed by atoms with Gasteiger partial charge < -0.3 is 15.4 Å². The standard InChI is InChI=1S/C13H11BrN2O3/c14-10-6-15-7-11(13(10)19)16-12(18)5-8-2-1-3-9(17)4-8/h1-4,6-7,17H,5H2,(H,15,19)(H,16,18). The van der Waals surface area contributed by atoms with Crippen molar-refractivity contribution in [3.8, 4) is 5.75 Å². The van der Waals surface area contributed by atoms with Crippen molar-refractivity contribution in [1.82, 2.24) is 4.98 Å². The Morgan fingerprint density at radius 3 is 2.89 bits per heavy atom. The topological polar surface area (TPSA) is 82.2 Å². The minimum Gasteiger partial charge on any atom is -0.508 e. The summed E-state index contributed by atoms with van der Waals surface area (Å²) in [5.41, 5.74) is 0.562. The quantitative estimate of drug-likeness (QED) is 0.808. The van der Waals surface area contributed by atoms with Crippen LogP contribution in [0.3, 0.4) is 0 Å². The number of benzene rings is 1. The SMILES string of the molecule is O=C(Cc1cccc(O)c1)Nc1c[nH]cc(Br)c1=O. The Morgan fingerprint density at radius 1 is 1.37 bits per heavy atom. The first-order chi connectivity index (χ1) is 9.06. The number of aromatic hydroxyl groups is 1. The van der Waals surface area contributed by atoms with Gasteiger partial charge in [0.05, 0.1) is 10.9 Å². The summed E-state index contributed by atoms with van der Waals surface area (Å²) in [5, 5.41) is 11.8. The highest BCUT2D eigenvalue weighted by atomic mass is 79.9. The van der Waals surface area contributed by atoms with Crippen LogP contribution in [0.15, 0.2) is 45.9 Å². The summed E-state index contributed by atoms with van der Waals surface area (Å²) in [7, 11) is 0. The highest BCUT2D eigenvalue weighted by Crippen LogP contribution is 2.12. The van der Waals surface area contributed by atoms with Crippen LogP contribution in [0, 0.1) is 0 Å². The third-order valence-corrected chi connectivity index (χ3v) is 3.04. The molecule has 0 fully saturated rings. The number of amides is 1. The number of anilines is 1. The molecule has 2 rings (SSSR count). The second-order valence-electron chi connectivity index (χ2n) is 3.94. The first-order valence-electron chi connectivity index (χ1n) is 5.50. The van der Waals surface area contributed by atoms with Crippen LogP contribution in [0.1, 0.15) is 5.56 Å². The van der Waals surface area contributed by atoms with E-state index in [1.807, 2.05) is 0 Å². The molecule has 2 aromatic rings. The summed E-state index contributed by atoms with van der Waals surface area (Å²) < 4.78 is 0.350. The second kappa shape index (κ2) is 5.71. The van der Waals surface area contributed by atoms with E-state index in [4.69, 9.17) is 0 Å². The van der Waals surface area contributed by atoms with E-state index in [0.717, 1.165) is 0 Å². The van der Waals surface area contributed by atoms with Crippen LogP contribution in [0.4, 0.5) is 5.69 Å². The predicted molar refractivity (Wildman–Crippen MR) is 75.2 cm³/mol. The summed E-state index contributed by atoms with van der Waals surface area (Å²) in [4.78, 5) is 26.2. The van der Waals surface area contributed by atoms with Crippen molar-refractivity contribution >= 4 is 27.5 Å². The van der Waals surface area contributed by atoms with Crippen LogP contribution < -0.4 is 10.7 Å². The lowest BCUT2D eigenvalue weighted by atomic mass is 10.1. The largest absolute Gasteiger partial charge is 0.508 e. The zero-order chi connectivity index (χ0) is 13.8. The Morgan fingerprint density at radius 2 is 2.16 bits per heavy atom. The average Bonchev–Trinajstić information content (AvgIpc) is 2.35. The number of nitrogens with one attached hydrogen (secondary N) is 2. The first kappa shape index (κ1) is 13.4. The normalized spacial score (nSPS) is 10.2. The van der Waals surface area contributed by atoms with Crippen LogP contribution in [0.2, 0.25) is 0 Å². The molecule has 0 atom stereocenters. The summed E-state index contributed by atoms with van der Waals surface area (Å²) in [6.07, 6.45) is 3.00. The maximum Gasteiger partial charge on any atom is 0.228 e. The lowest BCUT2D eigenvalue weighted by Gasteiger charge is -2.05. The Bertz CT molecular complexity index is 667. The molecule has 0 saturated heterocycles. The van der Waals surface area contributed by atoms with E-state index in [1.54, 1.807) is 12.1 Å². The molecule has 0 radical (unpaired) electrons. The van der Waals surface area contributed by atoms with Crippen LogP contribution in [0.25, 0.3) is 0 Å². The second-order valence-corrected chi connectivity index (χ2v) is 4.80. The number of hydrogen-bond acceptors (Lipinski definition) is 3. The van der Waals surface area contributed by atoms with Gasteiger partial charge in [-0.25, -0.2) is 0 Å². The number of phenols is 1. The third kappa shape index (κ3) is 3.45. The molecule has 0 spiro atoms. The lowest BCUT2D eigenvalue weighted by molar-refractivity contribution is -0.115. The van der Waals surface area contributed by atoms with Gasteiger partial charge in [0.1, 0.15) is 11.4 Å². The Kier molecular flexibility index (Phi) is 4.01. The van der Waals surface area contributed by atoms with E-state index in [1.165, 1.54) is 24.5 Å². The molecule has 19 heavy (non-hydrogen) atoms. The number of aromatic amines is 1. The minimum atomic E-state index is -0.325. The molecule has 0 aliphatic rings. The highest BCUT2D eigenvalue weighted by molar-refractivity contribution is 9.10. The van der Waals surface area contributed by atoms with Crippen molar-refractivity contribution in [3.63, 3.8) is 0 Å². The number of carbonyl (C=O) groups is 1. The van der Waals surface area contributed by atoms with E-state index < -0.39 is 0 Å². The van der Waals surface area contributed by atoms with Gasteiger partial charge >= 0.3 is 0 Å². The van der Waals surface area contributed by atoms with Gasteiger partial charge in [-0.15, -0.1) is 0 Å². The van der Waals surface area contributed by atoms with Crippen molar-refractivity contribution in [2.45, 2.75) is 6.42 Å². The summed E-state index contributed by atoms with van der Waals surface area (Å²) in [5.74, 6) is -0.222. The monoisotopic (exact) mass is 322 g/mol. The van der Waals surface area contributed by atoms with Crippen LogP contribution in [0.5, 0.6) is 5.75 Å². The van der Waals surface area contributed by atoms with E-state index in [0.29, 0.717) is 10.0 Å². The average molecular weight is 323 g/mol. The zero-order valence-electron chi connectivity index (χ0n) is 9.81. The molecule has 0 saturated carbocycles. The van der Waals surface area contributed by atoms with E-state index in [-0.39, 0.29) is 29.2 Å². The molecule has 1 aromatic heterocycles. The van der Waals surface area contributed by atoms with Gasteiger partial charge in [0.15, 0.2) is 0 Å². The number of carbonyl (C=O) groups excluding carboxylic acids is 1. The number of hydrogen-bond donors (Lipinski definition) is 3. The Balaban J connectivity index is 2.10. The molecule has 1 amide bonds. The smallest absolute Gasteiger partial charge is 0.228 e. The van der Waals surface area contributed by atoms with Crippen molar-refractivity contribution in [3.05, 3.63) is 56.9 Å². The van der Waals surface area contributed by atoms with Crippen molar-refractivity contribution in [2.24, 2.45) is 0 Å². The summed E-state index contributed by atoms with van der Waals surface area (Å²) in [6, 6.07) is 6.42. The van der Waals surface area contributed by atoms with Gasteiger partial charge in [-0.1, -0.05) is 12.1 Å². The predicted octanol–water partition coefficient (Wildman–Crippen LogP) is 2.02. The zero-order valence-corrected chi connectivity index (χ0v) is 11.4. The van der Waals surface area contributed by atoms with E-state index >= 15 is 0 Å². The maximum atomic E-state index is 11.8. The van der Waals surface area contributed by atoms with Crippen molar-refractivity contribution in [1.29, 1.82) is 0 Å². The van der Waals surface area contributed by atoms with Crippen molar-refractivity contribution in [2.75, 3.05) is 5.32 Å². The Hall–Kier alpha value is -2.08. The van der Waals surface area contributed by atoms with Gasteiger partial charge in [-0.05, 0) is 33.6 Å². The number of phenolic OH excluding ortho intramolecular Hbond substituents is 1.